The summed E-state index contributed by atoms with van der Waals surface area (Å²) < 4.78 is 0. The van der Waals surface area contributed by atoms with Gasteiger partial charge in [0.15, 0.2) is 0 Å². The summed E-state index contributed by atoms with van der Waals surface area (Å²) in [5, 5.41) is 5.49. The number of nitrogens with zero attached hydrogens (tertiary/aromatic N) is 1. The van der Waals surface area contributed by atoms with Gasteiger partial charge in [-0.15, -0.1) is 0 Å². The first-order chi connectivity index (χ1) is 10.2. The van der Waals surface area contributed by atoms with Gasteiger partial charge in [0.05, 0.1) is 0 Å². The van der Waals surface area contributed by atoms with Crippen LogP contribution in [0, 0.1) is 5.92 Å². The predicted octanol–water partition coefficient (Wildman–Crippen LogP) is 1.44. The number of amides is 2. The number of hydrogen-bond donors (Lipinski definition) is 2. The van der Waals surface area contributed by atoms with Gasteiger partial charge in [-0.05, 0) is 30.9 Å². The van der Waals surface area contributed by atoms with E-state index < -0.39 is 11.8 Å². The van der Waals surface area contributed by atoms with Crippen LogP contribution in [-0.2, 0) is 16.0 Å². The molecule has 1 aliphatic carbocycles. The first kappa shape index (κ1) is 15.5. The Kier molecular flexibility index (Phi) is 5.72. The van der Waals surface area contributed by atoms with Gasteiger partial charge in [-0.2, -0.15) is 0 Å². The third-order valence-corrected chi connectivity index (χ3v) is 4.03. The maximum atomic E-state index is 11.9. The molecule has 1 fully saturated rings. The SMILES string of the molecule is C[C@H]1CCCC[C@@H]1NC(=O)C(=O)NCCc1ccccn1. The van der Waals surface area contributed by atoms with Crippen LogP contribution in [0.3, 0.4) is 0 Å². The number of rotatable bonds is 4. The van der Waals surface area contributed by atoms with Gasteiger partial charge in [0.25, 0.3) is 0 Å². The Hall–Kier alpha value is -1.91. The van der Waals surface area contributed by atoms with Crippen LogP contribution in [0.5, 0.6) is 0 Å². The van der Waals surface area contributed by atoms with Gasteiger partial charge >= 0.3 is 11.8 Å². The van der Waals surface area contributed by atoms with Crippen LogP contribution in [0.4, 0.5) is 0 Å². The molecule has 2 atom stereocenters. The van der Waals surface area contributed by atoms with Crippen molar-refractivity contribution in [2.24, 2.45) is 5.92 Å². The monoisotopic (exact) mass is 289 g/mol. The molecule has 114 valence electrons. The molecule has 1 saturated carbocycles. The van der Waals surface area contributed by atoms with Crippen LogP contribution < -0.4 is 10.6 Å². The van der Waals surface area contributed by atoms with Crippen LogP contribution >= 0.6 is 0 Å². The minimum atomic E-state index is -0.552. The molecule has 0 radical (unpaired) electrons. The number of hydrogen-bond acceptors (Lipinski definition) is 3. The Bertz CT molecular complexity index is 476. The summed E-state index contributed by atoms with van der Waals surface area (Å²) in [6.45, 7) is 2.55. The molecule has 2 amide bonds. The first-order valence-corrected chi connectivity index (χ1v) is 7.65. The van der Waals surface area contributed by atoms with Crippen LogP contribution in [0.1, 0.15) is 38.3 Å². The van der Waals surface area contributed by atoms with Gasteiger partial charge in [0, 0.05) is 30.9 Å². The molecule has 1 aliphatic rings. The lowest BCUT2D eigenvalue weighted by molar-refractivity contribution is -0.139. The average molecular weight is 289 g/mol. The van der Waals surface area contributed by atoms with Crippen molar-refractivity contribution in [1.82, 2.24) is 15.6 Å². The molecule has 1 aromatic rings. The summed E-state index contributed by atoms with van der Waals surface area (Å²) in [7, 11) is 0. The van der Waals surface area contributed by atoms with Gasteiger partial charge in [-0.3, -0.25) is 14.6 Å². The van der Waals surface area contributed by atoms with Crippen molar-refractivity contribution in [3.05, 3.63) is 30.1 Å². The molecule has 0 spiro atoms. The van der Waals surface area contributed by atoms with Crippen molar-refractivity contribution >= 4 is 11.8 Å². The molecule has 5 heteroatoms. The topological polar surface area (TPSA) is 71.1 Å². The summed E-state index contributed by atoms with van der Waals surface area (Å²) >= 11 is 0. The molecule has 0 bridgehead atoms. The van der Waals surface area contributed by atoms with Crippen molar-refractivity contribution in [3.63, 3.8) is 0 Å². The van der Waals surface area contributed by atoms with E-state index in [4.69, 9.17) is 0 Å². The summed E-state index contributed by atoms with van der Waals surface area (Å²) in [5.41, 5.74) is 0.902. The molecule has 0 aromatic carbocycles. The zero-order valence-corrected chi connectivity index (χ0v) is 12.5. The standard InChI is InChI=1S/C16H23N3O2/c1-12-6-2-3-8-14(12)19-16(21)15(20)18-11-9-13-7-4-5-10-17-13/h4-5,7,10,12,14H,2-3,6,8-9,11H2,1H3,(H,18,20)(H,19,21)/t12-,14-/m0/s1. The Balaban J connectivity index is 1.71. The van der Waals surface area contributed by atoms with Crippen molar-refractivity contribution in [2.45, 2.75) is 45.1 Å². The summed E-state index contributed by atoms with van der Waals surface area (Å²) in [4.78, 5) is 27.8. The lowest BCUT2D eigenvalue weighted by Crippen LogP contribution is -2.48. The predicted molar refractivity (Wildman–Crippen MR) is 80.5 cm³/mol. The molecule has 0 saturated heterocycles. The van der Waals surface area contributed by atoms with E-state index in [-0.39, 0.29) is 6.04 Å². The third-order valence-electron chi connectivity index (χ3n) is 4.03. The second-order valence-electron chi connectivity index (χ2n) is 5.67. The maximum absolute atomic E-state index is 11.9. The van der Waals surface area contributed by atoms with Gasteiger partial charge in [-0.1, -0.05) is 25.8 Å². The Labute approximate surface area is 125 Å². The van der Waals surface area contributed by atoms with Crippen molar-refractivity contribution in [2.75, 3.05) is 6.54 Å². The Morgan fingerprint density at radius 3 is 2.76 bits per heavy atom. The van der Waals surface area contributed by atoms with E-state index in [1.54, 1.807) is 6.20 Å². The van der Waals surface area contributed by atoms with E-state index >= 15 is 0 Å². The maximum Gasteiger partial charge on any atom is 0.309 e. The summed E-state index contributed by atoms with van der Waals surface area (Å²) in [6, 6.07) is 5.78. The van der Waals surface area contributed by atoms with Crippen molar-refractivity contribution < 1.29 is 9.59 Å². The van der Waals surface area contributed by atoms with Crippen LogP contribution in [0.25, 0.3) is 0 Å². The molecular weight excluding hydrogens is 266 g/mol. The zero-order chi connectivity index (χ0) is 15.1. The zero-order valence-electron chi connectivity index (χ0n) is 12.5. The largest absolute Gasteiger partial charge is 0.347 e. The lowest BCUT2D eigenvalue weighted by Gasteiger charge is -2.29. The average Bonchev–Trinajstić information content (AvgIpc) is 2.50. The normalized spacial score (nSPS) is 21.6. The van der Waals surface area contributed by atoms with Gasteiger partial charge < -0.3 is 10.6 Å². The molecule has 2 N–H and O–H groups in total. The van der Waals surface area contributed by atoms with E-state index in [0.717, 1.165) is 25.0 Å². The first-order valence-electron chi connectivity index (χ1n) is 7.65. The van der Waals surface area contributed by atoms with E-state index in [1.807, 2.05) is 18.2 Å². The lowest BCUT2D eigenvalue weighted by atomic mass is 9.86. The van der Waals surface area contributed by atoms with E-state index in [1.165, 1.54) is 6.42 Å². The highest BCUT2D eigenvalue weighted by Crippen LogP contribution is 2.23. The van der Waals surface area contributed by atoms with Gasteiger partial charge in [-0.25, -0.2) is 0 Å². The molecule has 21 heavy (non-hydrogen) atoms. The summed E-state index contributed by atoms with van der Waals surface area (Å²) in [6.07, 6.45) is 6.76. The van der Waals surface area contributed by atoms with Gasteiger partial charge in [0.1, 0.15) is 0 Å². The van der Waals surface area contributed by atoms with E-state index in [0.29, 0.717) is 18.9 Å². The second-order valence-corrected chi connectivity index (χ2v) is 5.67. The smallest absolute Gasteiger partial charge is 0.309 e. The highest BCUT2D eigenvalue weighted by Gasteiger charge is 2.25. The fourth-order valence-electron chi connectivity index (χ4n) is 2.70. The van der Waals surface area contributed by atoms with Crippen molar-refractivity contribution in [3.8, 4) is 0 Å². The number of pyridine rings is 1. The van der Waals surface area contributed by atoms with Crippen LogP contribution in [0.15, 0.2) is 24.4 Å². The summed E-state index contributed by atoms with van der Waals surface area (Å²) in [5.74, 6) is -0.623. The Morgan fingerprint density at radius 1 is 1.24 bits per heavy atom. The number of carbonyl (C=O) groups excluding carboxylic acids is 2. The number of carbonyl (C=O) groups is 2. The Morgan fingerprint density at radius 2 is 2.05 bits per heavy atom. The highest BCUT2D eigenvalue weighted by atomic mass is 16.2. The fourth-order valence-corrected chi connectivity index (χ4v) is 2.70. The highest BCUT2D eigenvalue weighted by molar-refractivity contribution is 6.35. The number of aromatic nitrogens is 1. The van der Waals surface area contributed by atoms with Crippen molar-refractivity contribution in [1.29, 1.82) is 0 Å². The number of nitrogens with one attached hydrogen (secondary N) is 2. The quantitative estimate of drug-likeness (QED) is 0.824. The molecule has 5 nitrogen and oxygen atoms in total. The third kappa shape index (κ3) is 4.85. The molecule has 0 unspecified atom stereocenters. The minimum Gasteiger partial charge on any atom is -0.347 e. The fraction of sp³-hybridized carbons (Fsp3) is 0.562. The van der Waals surface area contributed by atoms with Gasteiger partial charge in [0.2, 0.25) is 0 Å². The molecule has 2 rings (SSSR count). The second kappa shape index (κ2) is 7.76. The minimum absolute atomic E-state index is 0.132. The van der Waals surface area contributed by atoms with Crippen LogP contribution in [0.2, 0.25) is 0 Å². The molecule has 1 aromatic heterocycles. The molecule has 0 aliphatic heterocycles. The van der Waals surface area contributed by atoms with E-state index in [9.17, 15) is 9.59 Å². The molecular formula is C16H23N3O2. The van der Waals surface area contributed by atoms with Crippen LogP contribution in [-0.4, -0.2) is 29.4 Å². The van der Waals surface area contributed by atoms with E-state index in [2.05, 4.69) is 22.5 Å². The molecule has 1 heterocycles.